The van der Waals surface area contributed by atoms with Gasteiger partial charge in [-0.15, -0.1) is 10.2 Å². The quantitative estimate of drug-likeness (QED) is 0.766. The highest BCUT2D eigenvalue weighted by Gasteiger charge is 1.97. The maximum Gasteiger partial charge on any atom is 0.188 e. The highest BCUT2D eigenvalue weighted by atomic mass is 15.5. The highest BCUT2D eigenvalue weighted by Crippen LogP contribution is 2.02. The van der Waals surface area contributed by atoms with Crippen LogP contribution in [-0.4, -0.2) is 20.6 Å². The smallest absolute Gasteiger partial charge is 0.188 e. The number of nitrogens with one attached hydrogen (secondary N) is 2. The third-order valence-electron chi connectivity index (χ3n) is 2.08. The first-order valence-electron chi connectivity index (χ1n) is 4.80. The van der Waals surface area contributed by atoms with Crippen molar-refractivity contribution in [2.24, 2.45) is 0 Å². The molecule has 0 fully saturated rings. The zero-order chi connectivity index (χ0) is 11.2. The van der Waals surface area contributed by atoms with Crippen LogP contribution in [0.1, 0.15) is 17.0 Å². The van der Waals surface area contributed by atoms with Gasteiger partial charge in [0.25, 0.3) is 0 Å². The van der Waals surface area contributed by atoms with E-state index in [0.29, 0.717) is 24.5 Å². The van der Waals surface area contributed by atoms with Crippen LogP contribution >= 0.6 is 0 Å². The van der Waals surface area contributed by atoms with E-state index in [1.165, 1.54) is 0 Å². The third kappa shape index (κ3) is 2.62. The Morgan fingerprint density at radius 2 is 2.06 bits per heavy atom. The number of nitriles is 1. The first-order chi connectivity index (χ1) is 7.88. The van der Waals surface area contributed by atoms with Crippen LogP contribution in [0.15, 0.2) is 24.3 Å². The molecule has 16 heavy (non-hydrogen) atoms. The number of tetrazole rings is 1. The lowest BCUT2D eigenvalue weighted by molar-refractivity contribution is 0.663. The summed E-state index contributed by atoms with van der Waals surface area (Å²) in [6.07, 6.45) is 0. The van der Waals surface area contributed by atoms with Crippen molar-refractivity contribution >= 4 is 0 Å². The van der Waals surface area contributed by atoms with Gasteiger partial charge in [-0.1, -0.05) is 17.3 Å². The molecule has 0 saturated heterocycles. The average molecular weight is 214 g/mol. The van der Waals surface area contributed by atoms with Gasteiger partial charge in [0.15, 0.2) is 5.82 Å². The molecule has 2 aromatic rings. The molecular formula is C10H10N6. The standard InChI is InChI=1S/C10H10N6/c11-5-8-1-3-9(4-2-8)6-12-7-10-13-15-16-14-10/h1-4,12H,6-7H2,(H,13,14,15,16). The molecule has 0 aliphatic carbocycles. The summed E-state index contributed by atoms with van der Waals surface area (Å²) < 4.78 is 0. The highest BCUT2D eigenvalue weighted by molar-refractivity contribution is 5.31. The summed E-state index contributed by atoms with van der Waals surface area (Å²) in [6, 6.07) is 9.51. The van der Waals surface area contributed by atoms with Crippen LogP contribution < -0.4 is 5.32 Å². The lowest BCUT2D eigenvalue weighted by atomic mass is 10.1. The van der Waals surface area contributed by atoms with Crippen LogP contribution in [-0.2, 0) is 13.1 Å². The third-order valence-corrected chi connectivity index (χ3v) is 2.08. The second kappa shape index (κ2) is 5.00. The normalized spacial score (nSPS) is 9.94. The van der Waals surface area contributed by atoms with Crippen molar-refractivity contribution in [1.82, 2.24) is 25.9 Å². The molecule has 1 heterocycles. The van der Waals surface area contributed by atoms with Crippen molar-refractivity contribution in [2.75, 3.05) is 0 Å². The van der Waals surface area contributed by atoms with Crippen LogP contribution in [0.2, 0.25) is 0 Å². The molecule has 0 aliphatic heterocycles. The number of nitrogens with zero attached hydrogens (tertiary/aromatic N) is 4. The van der Waals surface area contributed by atoms with E-state index >= 15 is 0 Å². The predicted octanol–water partition coefficient (Wildman–Crippen LogP) is 0.361. The van der Waals surface area contributed by atoms with Gasteiger partial charge < -0.3 is 5.32 Å². The van der Waals surface area contributed by atoms with Crippen molar-refractivity contribution in [2.45, 2.75) is 13.1 Å². The Balaban J connectivity index is 1.83. The summed E-state index contributed by atoms with van der Waals surface area (Å²) >= 11 is 0. The molecule has 0 spiro atoms. The topological polar surface area (TPSA) is 90.3 Å². The molecule has 0 aliphatic rings. The Kier molecular flexibility index (Phi) is 3.21. The number of aromatic nitrogens is 4. The number of hydrogen-bond donors (Lipinski definition) is 2. The Morgan fingerprint density at radius 3 is 2.69 bits per heavy atom. The van der Waals surface area contributed by atoms with Gasteiger partial charge in [-0.3, -0.25) is 0 Å². The zero-order valence-electron chi connectivity index (χ0n) is 8.51. The number of rotatable bonds is 4. The van der Waals surface area contributed by atoms with E-state index in [1.54, 1.807) is 12.1 Å². The molecule has 2 rings (SSSR count). The molecule has 0 bridgehead atoms. The van der Waals surface area contributed by atoms with Crippen LogP contribution in [0.25, 0.3) is 0 Å². The first kappa shape index (κ1) is 10.3. The maximum atomic E-state index is 8.64. The molecule has 0 amide bonds. The first-order valence-corrected chi connectivity index (χ1v) is 4.80. The van der Waals surface area contributed by atoms with E-state index in [2.05, 4.69) is 32.0 Å². The van der Waals surface area contributed by atoms with Crippen LogP contribution in [0.5, 0.6) is 0 Å². The Hall–Kier alpha value is -2.26. The van der Waals surface area contributed by atoms with Crippen LogP contribution in [0.3, 0.4) is 0 Å². The molecule has 6 nitrogen and oxygen atoms in total. The monoisotopic (exact) mass is 214 g/mol. The number of H-pyrrole nitrogens is 1. The number of hydrogen-bond acceptors (Lipinski definition) is 5. The largest absolute Gasteiger partial charge is 0.306 e. The van der Waals surface area contributed by atoms with E-state index in [1.807, 2.05) is 12.1 Å². The van der Waals surface area contributed by atoms with Gasteiger partial charge in [0, 0.05) is 6.54 Å². The van der Waals surface area contributed by atoms with Crippen LogP contribution in [0.4, 0.5) is 0 Å². The minimum atomic E-state index is 0.566. The van der Waals surface area contributed by atoms with Gasteiger partial charge in [-0.05, 0) is 17.7 Å². The Labute approximate surface area is 92.3 Å². The predicted molar refractivity (Wildman–Crippen MR) is 55.9 cm³/mol. The van der Waals surface area contributed by atoms with Crippen molar-refractivity contribution in [3.8, 4) is 6.07 Å². The lowest BCUT2D eigenvalue weighted by Crippen LogP contribution is -2.13. The molecule has 0 atom stereocenters. The molecule has 2 N–H and O–H groups in total. The minimum Gasteiger partial charge on any atom is -0.306 e. The number of benzene rings is 1. The van der Waals surface area contributed by atoms with Crippen molar-refractivity contribution in [1.29, 1.82) is 5.26 Å². The summed E-state index contributed by atoms with van der Waals surface area (Å²) in [4.78, 5) is 0. The number of aromatic amines is 1. The van der Waals surface area contributed by atoms with E-state index in [0.717, 1.165) is 5.56 Å². The summed E-state index contributed by atoms with van der Waals surface area (Å²) in [5.41, 5.74) is 1.78. The SMILES string of the molecule is N#Cc1ccc(CNCc2nn[nH]n2)cc1. The van der Waals surface area contributed by atoms with E-state index < -0.39 is 0 Å². The van der Waals surface area contributed by atoms with Crippen molar-refractivity contribution in [3.63, 3.8) is 0 Å². The molecular weight excluding hydrogens is 204 g/mol. The fourth-order valence-corrected chi connectivity index (χ4v) is 1.27. The Morgan fingerprint density at radius 1 is 1.25 bits per heavy atom. The van der Waals surface area contributed by atoms with Crippen molar-refractivity contribution in [3.05, 3.63) is 41.2 Å². The zero-order valence-corrected chi connectivity index (χ0v) is 8.51. The molecule has 0 unspecified atom stereocenters. The maximum absolute atomic E-state index is 8.64. The van der Waals surface area contributed by atoms with Crippen LogP contribution in [0, 0.1) is 11.3 Å². The minimum absolute atomic E-state index is 0.566. The fourth-order valence-electron chi connectivity index (χ4n) is 1.27. The molecule has 80 valence electrons. The summed E-state index contributed by atoms with van der Waals surface area (Å²) in [6.45, 7) is 1.27. The van der Waals surface area contributed by atoms with E-state index in [4.69, 9.17) is 5.26 Å². The molecule has 1 aromatic heterocycles. The van der Waals surface area contributed by atoms with Gasteiger partial charge in [0.1, 0.15) is 0 Å². The van der Waals surface area contributed by atoms with Gasteiger partial charge in [-0.2, -0.15) is 10.5 Å². The van der Waals surface area contributed by atoms with Gasteiger partial charge >= 0.3 is 0 Å². The molecule has 1 aromatic carbocycles. The summed E-state index contributed by atoms with van der Waals surface area (Å²) in [7, 11) is 0. The molecule has 0 saturated carbocycles. The fraction of sp³-hybridized carbons (Fsp3) is 0.200. The van der Waals surface area contributed by atoms with E-state index in [9.17, 15) is 0 Å². The second-order valence-electron chi connectivity index (χ2n) is 3.24. The van der Waals surface area contributed by atoms with Gasteiger partial charge in [-0.25, -0.2) is 0 Å². The van der Waals surface area contributed by atoms with E-state index in [-0.39, 0.29) is 0 Å². The second-order valence-corrected chi connectivity index (χ2v) is 3.24. The summed E-state index contributed by atoms with van der Waals surface area (Å²) in [5, 5.41) is 25.3. The van der Waals surface area contributed by atoms with Gasteiger partial charge in [0.05, 0.1) is 18.2 Å². The molecule has 0 radical (unpaired) electrons. The van der Waals surface area contributed by atoms with Gasteiger partial charge in [0.2, 0.25) is 0 Å². The Bertz CT molecular complexity index is 467. The summed E-state index contributed by atoms with van der Waals surface area (Å²) in [5.74, 6) is 0.633. The average Bonchev–Trinajstić information content (AvgIpc) is 2.83. The lowest BCUT2D eigenvalue weighted by Gasteiger charge is -2.01. The molecule has 6 heteroatoms. The van der Waals surface area contributed by atoms with Crippen molar-refractivity contribution < 1.29 is 0 Å².